The third-order valence-electron chi connectivity index (χ3n) is 6.60. The predicted molar refractivity (Wildman–Crippen MR) is 122 cm³/mol. The highest BCUT2D eigenvalue weighted by Crippen LogP contribution is 2.37. The van der Waals surface area contributed by atoms with Gasteiger partial charge >= 0.3 is 0 Å². The minimum absolute atomic E-state index is 0.0122. The van der Waals surface area contributed by atoms with Gasteiger partial charge in [-0.3, -0.25) is 14.2 Å². The summed E-state index contributed by atoms with van der Waals surface area (Å²) in [7, 11) is 1.47. The molecule has 11 heteroatoms. The smallest absolute Gasteiger partial charge is 0.266 e. The van der Waals surface area contributed by atoms with E-state index < -0.39 is 35.1 Å². The van der Waals surface area contributed by atoms with Gasteiger partial charge in [0, 0.05) is 45.5 Å². The van der Waals surface area contributed by atoms with Crippen molar-refractivity contribution in [2.24, 2.45) is 7.05 Å². The van der Waals surface area contributed by atoms with Crippen molar-refractivity contribution in [1.82, 2.24) is 19.4 Å². The molecule has 2 aromatic heterocycles. The van der Waals surface area contributed by atoms with E-state index in [-0.39, 0.29) is 54.4 Å². The molecular weight excluding hydrogens is 466 g/mol. The van der Waals surface area contributed by atoms with E-state index >= 15 is 4.39 Å². The Morgan fingerprint density at radius 3 is 2.46 bits per heavy atom. The molecule has 1 aromatic carbocycles. The highest BCUT2D eigenvalue weighted by molar-refractivity contribution is 5.87. The van der Waals surface area contributed by atoms with Crippen LogP contribution in [-0.2, 0) is 17.5 Å². The minimum Gasteiger partial charge on any atom is -0.363 e. The molecule has 0 saturated carbocycles. The average Bonchev–Trinajstić information content (AvgIpc) is 2.81. The van der Waals surface area contributed by atoms with Gasteiger partial charge in [-0.1, -0.05) is 18.2 Å². The van der Waals surface area contributed by atoms with Gasteiger partial charge in [-0.05, 0) is 13.0 Å². The standard InChI is InChI=1S/C24H25F4N5O2/c1-13(15-5-4-6-16(19(15)25)20(26)27)31-21-17-11-18(23(35)32(3)22(17)30-12-29-21)24(28)7-9-33(10-8-24)14(2)34/h4-6,11-13,20H,7-10H2,1-3H3,(H,29,30,31). The lowest BCUT2D eigenvalue weighted by molar-refractivity contribution is -0.131. The molecule has 1 atom stereocenters. The van der Waals surface area contributed by atoms with Crippen LogP contribution >= 0.6 is 0 Å². The van der Waals surface area contributed by atoms with Crippen LogP contribution in [0, 0.1) is 5.82 Å². The van der Waals surface area contributed by atoms with Crippen LogP contribution in [0.4, 0.5) is 23.4 Å². The lowest BCUT2D eigenvalue weighted by atomic mass is 9.86. The number of hydrogen-bond donors (Lipinski definition) is 1. The highest BCUT2D eigenvalue weighted by atomic mass is 19.3. The number of anilines is 1. The summed E-state index contributed by atoms with van der Waals surface area (Å²) in [5, 5.41) is 3.32. The molecule has 1 fully saturated rings. The number of carbonyl (C=O) groups excluding carboxylic acids is 1. The normalized spacial score (nSPS) is 16.5. The maximum atomic E-state index is 16.0. The van der Waals surface area contributed by atoms with Gasteiger partial charge in [-0.25, -0.2) is 27.5 Å². The zero-order chi connectivity index (χ0) is 25.5. The summed E-state index contributed by atoms with van der Waals surface area (Å²) in [5.41, 5.74) is -3.04. The van der Waals surface area contributed by atoms with Gasteiger partial charge in [0.25, 0.3) is 12.0 Å². The van der Waals surface area contributed by atoms with Crippen molar-refractivity contribution in [3.05, 3.63) is 63.5 Å². The van der Waals surface area contributed by atoms with E-state index in [2.05, 4.69) is 15.3 Å². The summed E-state index contributed by atoms with van der Waals surface area (Å²) in [6, 6.07) is 4.38. The van der Waals surface area contributed by atoms with E-state index in [1.165, 1.54) is 48.0 Å². The lowest BCUT2D eigenvalue weighted by Gasteiger charge is -2.36. The van der Waals surface area contributed by atoms with Gasteiger partial charge in [0.15, 0.2) is 0 Å². The van der Waals surface area contributed by atoms with Crippen molar-refractivity contribution in [3.63, 3.8) is 0 Å². The molecule has 35 heavy (non-hydrogen) atoms. The number of aryl methyl sites for hydroxylation is 1. The van der Waals surface area contributed by atoms with Crippen LogP contribution in [0.5, 0.6) is 0 Å². The van der Waals surface area contributed by atoms with Crippen molar-refractivity contribution >= 4 is 22.8 Å². The first-order valence-electron chi connectivity index (χ1n) is 11.2. The zero-order valence-electron chi connectivity index (χ0n) is 19.5. The number of amides is 1. The predicted octanol–water partition coefficient (Wildman–Crippen LogP) is 4.39. The number of fused-ring (bicyclic) bond motifs is 1. The fourth-order valence-corrected chi connectivity index (χ4v) is 4.51. The van der Waals surface area contributed by atoms with Crippen molar-refractivity contribution in [2.45, 2.75) is 44.8 Å². The third kappa shape index (κ3) is 4.46. The SMILES string of the molecule is CC(=O)N1CCC(F)(c2cc3c(NC(C)c4cccc(C(F)F)c4F)ncnc3n(C)c2=O)CC1. The van der Waals surface area contributed by atoms with Crippen LogP contribution in [0.25, 0.3) is 11.0 Å². The van der Waals surface area contributed by atoms with Gasteiger partial charge in [0.1, 0.15) is 29.3 Å². The summed E-state index contributed by atoms with van der Waals surface area (Å²) >= 11 is 0. The quantitative estimate of drug-likeness (QED) is 0.536. The molecule has 7 nitrogen and oxygen atoms in total. The molecule has 1 aliphatic heterocycles. The highest BCUT2D eigenvalue weighted by Gasteiger charge is 2.40. The number of piperidine rings is 1. The maximum Gasteiger partial charge on any atom is 0.266 e. The topological polar surface area (TPSA) is 80.1 Å². The second-order valence-corrected chi connectivity index (χ2v) is 8.77. The molecule has 186 valence electrons. The van der Waals surface area contributed by atoms with Gasteiger partial charge in [0.05, 0.1) is 22.6 Å². The Morgan fingerprint density at radius 1 is 1.17 bits per heavy atom. The second-order valence-electron chi connectivity index (χ2n) is 8.77. The number of benzene rings is 1. The molecule has 1 amide bonds. The number of pyridine rings is 1. The first kappa shape index (κ1) is 24.6. The molecule has 0 aliphatic carbocycles. The average molecular weight is 491 g/mol. The summed E-state index contributed by atoms with van der Waals surface area (Å²) < 4.78 is 58.2. The van der Waals surface area contributed by atoms with Gasteiger partial charge in [0.2, 0.25) is 5.91 Å². The fourth-order valence-electron chi connectivity index (χ4n) is 4.51. The number of halogens is 4. The summed E-state index contributed by atoms with van der Waals surface area (Å²) in [6.07, 6.45) is -1.83. The van der Waals surface area contributed by atoms with Gasteiger partial charge in [-0.2, -0.15) is 0 Å². The second kappa shape index (κ2) is 9.27. The Bertz CT molecular complexity index is 1340. The molecule has 1 saturated heterocycles. The van der Waals surface area contributed by atoms with E-state index in [4.69, 9.17) is 0 Å². The number of nitrogens with zero attached hydrogens (tertiary/aromatic N) is 4. The van der Waals surface area contributed by atoms with Crippen molar-refractivity contribution in [3.8, 4) is 0 Å². The summed E-state index contributed by atoms with van der Waals surface area (Å²) in [5.74, 6) is -0.977. The molecular formula is C24H25F4N5O2. The van der Waals surface area contributed by atoms with Crippen LogP contribution in [0.3, 0.4) is 0 Å². The number of alkyl halides is 3. The summed E-state index contributed by atoms with van der Waals surface area (Å²) in [6.45, 7) is 3.36. The fraction of sp³-hybridized carbons (Fsp3) is 0.417. The zero-order valence-corrected chi connectivity index (χ0v) is 19.5. The van der Waals surface area contributed by atoms with Crippen LogP contribution < -0.4 is 10.9 Å². The monoisotopic (exact) mass is 491 g/mol. The van der Waals surface area contributed by atoms with E-state index in [9.17, 15) is 22.8 Å². The summed E-state index contributed by atoms with van der Waals surface area (Å²) in [4.78, 5) is 34.5. The first-order valence-corrected chi connectivity index (χ1v) is 11.2. The molecule has 3 aromatic rings. The number of likely N-dealkylation sites (tertiary alicyclic amines) is 1. The minimum atomic E-state index is -2.96. The van der Waals surface area contributed by atoms with Crippen molar-refractivity contribution in [2.75, 3.05) is 18.4 Å². The van der Waals surface area contributed by atoms with E-state index in [1.807, 2.05) is 0 Å². The molecule has 4 rings (SSSR count). The van der Waals surface area contributed by atoms with Gasteiger partial charge < -0.3 is 10.2 Å². The number of carbonyl (C=O) groups is 1. The Hall–Kier alpha value is -3.50. The Balaban J connectivity index is 1.75. The maximum absolute atomic E-state index is 16.0. The molecule has 0 radical (unpaired) electrons. The number of aromatic nitrogens is 3. The van der Waals surface area contributed by atoms with E-state index in [0.717, 1.165) is 6.07 Å². The van der Waals surface area contributed by atoms with Crippen molar-refractivity contribution in [1.29, 1.82) is 0 Å². The molecule has 0 bridgehead atoms. The number of rotatable bonds is 5. The molecule has 1 aliphatic rings. The number of hydrogen-bond acceptors (Lipinski definition) is 5. The lowest BCUT2D eigenvalue weighted by Crippen LogP contribution is -2.45. The van der Waals surface area contributed by atoms with Crippen LogP contribution in [-0.4, -0.2) is 38.4 Å². The van der Waals surface area contributed by atoms with Crippen LogP contribution in [0.15, 0.2) is 35.4 Å². The number of nitrogens with one attached hydrogen (secondary N) is 1. The van der Waals surface area contributed by atoms with E-state index in [0.29, 0.717) is 5.39 Å². The van der Waals surface area contributed by atoms with Crippen LogP contribution in [0.2, 0.25) is 0 Å². The van der Waals surface area contributed by atoms with E-state index in [1.54, 1.807) is 6.92 Å². The third-order valence-corrected chi connectivity index (χ3v) is 6.60. The first-order chi connectivity index (χ1) is 16.5. The Kier molecular flexibility index (Phi) is 6.52. The molecule has 0 spiro atoms. The molecule has 3 heterocycles. The Morgan fingerprint density at radius 2 is 1.83 bits per heavy atom. The Labute approximate surface area is 198 Å². The van der Waals surface area contributed by atoms with Crippen molar-refractivity contribution < 1.29 is 22.4 Å². The van der Waals surface area contributed by atoms with Crippen LogP contribution in [0.1, 0.15) is 55.8 Å². The largest absolute Gasteiger partial charge is 0.363 e. The molecule has 1 unspecified atom stereocenters. The molecule has 1 N–H and O–H groups in total. The van der Waals surface area contributed by atoms with Gasteiger partial charge in [-0.15, -0.1) is 0 Å².